The topological polar surface area (TPSA) is 72.1 Å². The van der Waals surface area contributed by atoms with Crippen molar-refractivity contribution < 1.29 is 4.79 Å². The molecule has 5 nitrogen and oxygen atoms in total. The normalized spacial score (nSPS) is 11.1. The molecule has 2 N–H and O–H groups in total. The minimum Gasteiger partial charge on any atom is -0.404 e. The van der Waals surface area contributed by atoms with Crippen molar-refractivity contribution in [3.8, 4) is 0 Å². The zero-order valence-electron chi connectivity index (χ0n) is 7.51. The number of carbonyl (C=O) groups is 1. The van der Waals surface area contributed by atoms with Crippen molar-refractivity contribution in [2.45, 2.75) is 0 Å². The van der Waals surface area contributed by atoms with Gasteiger partial charge in [-0.3, -0.25) is 9.78 Å². The van der Waals surface area contributed by atoms with Gasteiger partial charge in [0.1, 0.15) is 0 Å². The molecule has 0 atom stereocenters. The van der Waals surface area contributed by atoms with E-state index in [1.54, 1.807) is 7.05 Å². The number of hydrogen-bond donors (Lipinski definition) is 1. The lowest BCUT2D eigenvalue weighted by molar-refractivity contribution is -0.107. The molecule has 1 heterocycles. The summed E-state index contributed by atoms with van der Waals surface area (Å²) in [4.78, 5) is 19.8. The van der Waals surface area contributed by atoms with Gasteiger partial charge in [0, 0.05) is 13.2 Å². The average Bonchev–Trinajstić information content (AvgIpc) is 2.27. The Morgan fingerprint density at radius 2 is 2.29 bits per heavy atom. The molecule has 1 aromatic heterocycles. The second-order valence-electron chi connectivity index (χ2n) is 2.49. The number of halogens is 1. The molecule has 0 unspecified atom stereocenters. The average molecular weight is 257 g/mol. The first-order valence-corrected chi connectivity index (χ1v) is 4.56. The van der Waals surface area contributed by atoms with Gasteiger partial charge in [-0.2, -0.15) is 0 Å². The molecule has 0 aliphatic carbocycles. The number of hydrogen-bond acceptors (Lipinski definition) is 4. The summed E-state index contributed by atoms with van der Waals surface area (Å²) in [5.41, 5.74) is 5.91. The molecule has 1 aromatic rings. The molecule has 6 heteroatoms. The molecule has 0 aliphatic rings. The Labute approximate surface area is 89.8 Å². The lowest BCUT2D eigenvalue weighted by atomic mass is 10.4. The van der Waals surface area contributed by atoms with E-state index in [1.165, 1.54) is 23.5 Å². The number of anilines is 1. The van der Waals surface area contributed by atoms with E-state index in [9.17, 15) is 4.79 Å². The largest absolute Gasteiger partial charge is 0.404 e. The number of amides is 1. The smallest absolute Gasteiger partial charge is 0.215 e. The quantitative estimate of drug-likeness (QED) is 0.810. The highest BCUT2D eigenvalue weighted by Crippen LogP contribution is 2.17. The minimum absolute atomic E-state index is 0.487. The van der Waals surface area contributed by atoms with Crippen LogP contribution in [0.2, 0.25) is 0 Å². The van der Waals surface area contributed by atoms with Crippen LogP contribution < -0.4 is 10.6 Å². The van der Waals surface area contributed by atoms with E-state index in [0.29, 0.717) is 22.4 Å². The molecule has 0 saturated carbocycles. The fourth-order valence-electron chi connectivity index (χ4n) is 0.766. The maximum Gasteiger partial charge on any atom is 0.215 e. The summed E-state index contributed by atoms with van der Waals surface area (Å²) in [5.74, 6) is 0.487. The number of nitrogens with two attached hydrogens (primary N) is 1. The van der Waals surface area contributed by atoms with E-state index >= 15 is 0 Å². The van der Waals surface area contributed by atoms with Gasteiger partial charge in [-0.05, 0) is 15.9 Å². The molecule has 0 fully saturated rings. The molecule has 0 aromatic carbocycles. The van der Waals surface area contributed by atoms with Crippen LogP contribution in [0.3, 0.4) is 0 Å². The summed E-state index contributed by atoms with van der Waals surface area (Å²) < 4.78 is 0.658. The van der Waals surface area contributed by atoms with Crippen LogP contribution in [-0.4, -0.2) is 23.4 Å². The summed E-state index contributed by atoms with van der Waals surface area (Å²) in [6.45, 7) is 0. The predicted molar refractivity (Wildman–Crippen MR) is 57.6 cm³/mol. The lowest BCUT2D eigenvalue weighted by Crippen LogP contribution is -2.15. The molecular formula is C8H9BrN4O. The van der Waals surface area contributed by atoms with Gasteiger partial charge in [0.15, 0.2) is 5.82 Å². The van der Waals surface area contributed by atoms with Crippen molar-refractivity contribution in [1.29, 1.82) is 0 Å². The Morgan fingerprint density at radius 3 is 2.71 bits per heavy atom. The van der Waals surface area contributed by atoms with Crippen molar-refractivity contribution in [2.75, 3.05) is 11.9 Å². The summed E-state index contributed by atoms with van der Waals surface area (Å²) in [6.07, 6.45) is 5.07. The van der Waals surface area contributed by atoms with Gasteiger partial charge in [0.25, 0.3) is 0 Å². The van der Waals surface area contributed by atoms with Crippen molar-refractivity contribution in [3.63, 3.8) is 0 Å². The van der Waals surface area contributed by atoms with Gasteiger partial charge < -0.3 is 10.6 Å². The minimum atomic E-state index is 0.487. The van der Waals surface area contributed by atoms with Crippen LogP contribution >= 0.6 is 15.9 Å². The molecule has 0 bridgehead atoms. The van der Waals surface area contributed by atoms with Crippen molar-refractivity contribution in [2.24, 2.45) is 5.73 Å². The molecule has 1 rings (SSSR count). The molecular weight excluding hydrogens is 248 g/mol. The first kappa shape index (κ1) is 10.6. The van der Waals surface area contributed by atoms with Gasteiger partial charge in [-0.15, -0.1) is 0 Å². The zero-order chi connectivity index (χ0) is 10.6. The van der Waals surface area contributed by atoms with E-state index in [1.807, 2.05) is 0 Å². The fraction of sp³-hybridized carbons (Fsp3) is 0.125. The van der Waals surface area contributed by atoms with Crippen LogP contribution in [0, 0.1) is 0 Å². The monoisotopic (exact) mass is 256 g/mol. The van der Waals surface area contributed by atoms with Crippen LogP contribution in [0.4, 0.5) is 5.82 Å². The predicted octanol–water partition coefficient (Wildman–Crippen LogP) is 0.721. The van der Waals surface area contributed by atoms with Crippen LogP contribution in [0.15, 0.2) is 18.6 Å². The Morgan fingerprint density at radius 1 is 1.57 bits per heavy atom. The van der Waals surface area contributed by atoms with Gasteiger partial charge in [0.2, 0.25) is 6.41 Å². The van der Waals surface area contributed by atoms with Crippen LogP contribution in [-0.2, 0) is 4.79 Å². The highest BCUT2D eigenvalue weighted by Gasteiger charge is 2.03. The van der Waals surface area contributed by atoms with Crippen LogP contribution in [0.25, 0.3) is 4.48 Å². The third kappa shape index (κ3) is 2.29. The van der Waals surface area contributed by atoms with E-state index in [2.05, 4.69) is 25.9 Å². The number of rotatable bonds is 3. The van der Waals surface area contributed by atoms with Gasteiger partial charge in [-0.1, -0.05) is 0 Å². The van der Waals surface area contributed by atoms with Crippen molar-refractivity contribution >= 4 is 32.6 Å². The Balaban J connectivity index is 2.94. The molecule has 14 heavy (non-hydrogen) atoms. The maximum atomic E-state index is 10.4. The summed E-state index contributed by atoms with van der Waals surface area (Å²) >= 11 is 3.21. The van der Waals surface area contributed by atoms with Crippen LogP contribution in [0.5, 0.6) is 0 Å². The number of nitrogens with zero attached hydrogens (tertiary/aromatic N) is 3. The molecule has 0 aliphatic heterocycles. The zero-order valence-corrected chi connectivity index (χ0v) is 9.10. The third-order valence-corrected chi connectivity index (χ3v) is 2.22. The second-order valence-corrected chi connectivity index (χ2v) is 3.35. The summed E-state index contributed by atoms with van der Waals surface area (Å²) in [5, 5.41) is 0. The Bertz CT molecular complexity index is 349. The molecule has 0 saturated heterocycles. The standard InChI is InChI=1S/C8H9BrN4O/c1-13(5-14)8-4-11-7(3-12-8)6(9)2-10/h2-5H,10H2,1H3/b6-2+. The lowest BCUT2D eigenvalue weighted by Gasteiger charge is -2.08. The van der Waals surface area contributed by atoms with Crippen molar-refractivity contribution in [1.82, 2.24) is 9.97 Å². The highest BCUT2D eigenvalue weighted by atomic mass is 79.9. The molecule has 1 amide bonds. The molecule has 0 radical (unpaired) electrons. The van der Waals surface area contributed by atoms with Gasteiger partial charge >= 0.3 is 0 Å². The van der Waals surface area contributed by atoms with E-state index in [4.69, 9.17) is 5.73 Å². The van der Waals surface area contributed by atoms with E-state index < -0.39 is 0 Å². The molecule has 0 spiro atoms. The molecule has 74 valence electrons. The maximum absolute atomic E-state index is 10.4. The van der Waals surface area contributed by atoms with Gasteiger partial charge in [-0.25, -0.2) is 4.98 Å². The van der Waals surface area contributed by atoms with E-state index in [0.717, 1.165) is 0 Å². The highest BCUT2D eigenvalue weighted by molar-refractivity contribution is 9.15. The van der Waals surface area contributed by atoms with Crippen molar-refractivity contribution in [3.05, 3.63) is 24.3 Å². The Kier molecular flexibility index (Phi) is 3.58. The van der Waals surface area contributed by atoms with Gasteiger partial charge in [0.05, 0.1) is 22.6 Å². The van der Waals surface area contributed by atoms with E-state index in [-0.39, 0.29) is 0 Å². The second kappa shape index (κ2) is 4.71. The fourth-order valence-corrected chi connectivity index (χ4v) is 0.971. The Hall–Kier alpha value is -1.43. The SMILES string of the molecule is CN(C=O)c1cnc(/C(Br)=C\N)cn1. The number of carbonyl (C=O) groups excluding carboxylic acids is 1. The summed E-state index contributed by atoms with van der Waals surface area (Å²) in [7, 11) is 1.60. The first-order valence-electron chi connectivity index (χ1n) is 3.77. The summed E-state index contributed by atoms with van der Waals surface area (Å²) in [6, 6.07) is 0. The third-order valence-electron chi connectivity index (χ3n) is 1.55. The van der Waals surface area contributed by atoms with Crippen LogP contribution in [0.1, 0.15) is 5.69 Å². The number of aromatic nitrogens is 2. The first-order chi connectivity index (χ1) is 6.69.